The first-order valence-corrected chi connectivity index (χ1v) is 6.71. The van der Waals surface area contributed by atoms with Crippen LogP contribution in [0.1, 0.15) is 5.56 Å². The third-order valence-corrected chi connectivity index (χ3v) is 2.83. The molecular weight excluding hydrogens is 333 g/mol. The smallest absolute Gasteiger partial charge is 0.475 e. The molecule has 0 aliphatic rings. The molecule has 2 amide bonds. The molecule has 0 bridgehead atoms. The molecule has 0 heterocycles. The number of amides is 2. The van der Waals surface area contributed by atoms with Gasteiger partial charge in [0.05, 0.1) is 0 Å². The molecule has 0 unspecified atom stereocenters. The number of carbonyl (C=O) groups is 2. The van der Waals surface area contributed by atoms with Gasteiger partial charge in [0.25, 0.3) is 0 Å². The van der Waals surface area contributed by atoms with Crippen LogP contribution in [0.25, 0.3) is 0 Å². The highest BCUT2D eigenvalue weighted by Gasteiger charge is 2.38. The normalized spacial score (nSPS) is 10.3. The van der Waals surface area contributed by atoms with Crippen molar-refractivity contribution in [2.45, 2.75) is 12.6 Å². The van der Waals surface area contributed by atoms with Crippen LogP contribution in [0.15, 0.2) is 24.3 Å². The van der Waals surface area contributed by atoms with Crippen LogP contribution >= 0.6 is 23.5 Å². The number of hydrogen-bond donors (Lipinski definition) is 3. The average Bonchev–Trinajstić information content (AvgIpc) is 2.36. The van der Waals surface area contributed by atoms with Crippen molar-refractivity contribution in [3.63, 3.8) is 0 Å². The van der Waals surface area contributed by atoms with Gasteiger partial charge in [-0.2, -0.15) is 13.2 Å². The number of nitrogens with two attached hydrogens (primary N) is 1. The van der Waals surface area contributed by atoms with Gasteiger partial charge in [-0.3, -0.25) is 4.72 Å². The Hall–Kier alpha value is -1.61. The Morgan fingerprint density at radius 2 is 1.76 bits per heavy atom. The molecule has 118 valence electrons. The van der Waals surface area contributed by atoms with Crippen LogP contribution in [0.2, 0.25) is 5.02 Å². The fraction of sp³-hybridized carbons (Fsp3) is 0.273. The van der Waals surface area contributed by atoms with Gasteiger partial charge in [-0.05, 0) is 36.1 Å². The second-order valence-electron chi connectivity index (χ2n) is 3.49. The summed E-state index contributed by atoms with van der Waals surface area (Å²) < 4.78 is 34.2. The van der Waals surface area contributed by atoms with E-state index in [-0.39, 0.29) is 0 Å². The number of carboxylic acid groups (broad SMARTS) is 1. The summed E-state index contributed by atoms with van der Waals surface area (Å²) in [6.45, 7) is 0. The lowest BCUT2D eigenvalue weighted by Gasteiger charge is -2.01. The van der Waals surface area contributed by atoms with Gasteiger partial charge in [0.15, 0.2) is 0 Å². The predicted octanol–water partition coefficient (Wildman–Crippen LogP) is 2.83. The maximum absolute atomic E-state index is 10.6. The Kier molecular flexibility index (Phi) is 8.63. The number of halogens is 4. The van der Waals surface area contributed by atoms with E-state index in [1.54, 1.807) is 0 Å². The highest BCUT2D eigenvalue weighted by atomic mass is 35.5. The monoisotopic (exact) mass is 344 g/mol. The molecule has 1 aromatic rings. The molecule has 0 aromatic heterocycles. The number of primary amides is 1. The number of nitrogens with one attached hydrogen (secondary N) is 1. The van der Waals surface area contributed by atoms with E-state index in [1.807, 2.05) is 24.3 Å². The summed E-state index contributed by atoms with van der Waals surface area (Å²) in [5, 5.41) is 7.86. The summed E-state index contributed by atoms with van der Waals surface area (Å²) in [5.41, 5.74) is 6.09. The summed E-state index contributed by atoms with van der Waals surface area (Å²) in [5.74, 6) is -1.96. The van der Waals surface area contributed by atoms with Crippen molar-refractivity contribution in [2.75, 3.05) is 5.75 Å². The van der Waals surface area contributed by atoms with E-state index in [9.17, 15) is 18.0 Å². The van der Waals surface area contributed by atoms with Gasteiger partial charge in [-0.15, -0.1) is 0 Å². The van der Waals surface area contributed by atoms with E-state index in [2.05, 4.69) is 4.72 Å². The van der Waals surface area contributed by atoms with E-state index in [0.29, 0.717) is 0 Å². The lowest BCUT2D eigenvalue weighted by atomic mass is 10.2. The fourth-order valence-electron chi connectivity index (χ4n) is 0.942. The van der Waals surface area contributed by atoms with E-state index in [1.165, 1.54) is 17.5 Å². The number of benzene rings is 1. The van der Waals surface area contributed by atoms with Crippen LogP contribution in [-0.4, -0.2) is 29.0 Å². The zero-order valence-corrected chi connectivity index (χ0v) is 12.1. The lowest BCUT2D eigenvalue weighted by Crippen LogP contribution is -2.23. The molecule has 0 aliphatic heterocycles. The zero-order valence-electron chi connectivity index (χ0n) is 10.5. The molecule has 10 heteroatoms. The SMILES string of the molecule is NC(=O)NSCCc1ccc(Cl)cc1.O=C(O)C(F)(F)F. The summed E-state index contributed by atoms with van der Waals surface area (Å²) >= 11 is 7.04. The molecule has 0 atom stereocenters. The van der Waals surface area contributed by atoms with Crippen LogP contribution in [-0.2, 0) is 11.2 Å². The highest BCUT2D eigenvalue weighted by Crippen LogP contribution is 2.13. The van der Waals surface area contributed by atoms with Gasteiger partial charge >= 0.3 is 18.2 Å². The second-order valence-corrected chi connectivity index (χ2v) is 4.83. The topological polar surface area (TPSA) is 92.4 Å². The number of alkyl halides is 3. The Morgan fingerprint density at radius 3 is 2.14 bits per heavy atom. The molecular formula is C11H12ClF3N2O3S. The molecule has 4 N–H and O–H groups in total. The predicted molar refractivity (Wildman–Crippen MR) is 74.0 cm³/mol. The minimum absolute atomic E-state index is 0.508. The molecule has 0 saturated heterocycles. The van der Waals surface area contributed by atoms with Crippen LogP contribution in [0.5, 0.6) is 0 Å². The largest absolute Gasteiger partial charge is 0.490 e. The van der Waals surface area contributed by atoms with Crippen LogP contribution in [0.3, 0.4) is 0 Å². The minimum atomic E-state index is -5.08. The molecule has 1 aromatic carbocycles. The average molecular weight is 345 g/mol. The zero-order chi connectivity index (χ0) is 16.5. The van der Waals surface area contributed by atoms with Gasteiger partial charge in [-0.25, -0.2) is 9.59 Å². The first kappa shape index (κ1) is 19.4. The second kappa shape index (κ2) is 9.35. The summed E-state index contributed by atoms with van der Waals surface area (Å²) in [6, 6.07) is 7.12. The number of hydrogen-bond acceptors (Lipinski definition) is 3. The Morgan fingerprint density at radius 1 is 1.29 bits per heavy atom. The van der Waals surface area contributed by atoms with Crippen molar-refractivity contribution < 1.29 is 27.9 Å². The first-order valence-electron chi connectivity index (χ1n) is 5.34. The van der Waals surface area contributed by atoms with Crippen LogP contribution in [0, 0.1) is 0 Å². The number of aliphatic carboxylic acids is 1. The van der Waals surface area contributed by atoms with E-state index in [4.69, 9.17) is 27.2 Å². The Balaban J connectivity index is 0.000000486. The van der Waals surface area contributed by atoms with Crippen molar-refractivity contribution >= 4 is 35.5 Å². The number of carboxylic acids is 1. The van der Waals surface area contributed by atoms with Gasteiger partial charge in [0.2, 0.25) is 0 Å². The van der Waals surface area contributed by atoms with Crippen molar-refractivity contribution in [1.82, 2.24) is 4.72 Å². The molecule has 0 aliphatic carbocycles. The van der Waals surface area contributed by atoms with Crippen molar-refractivity contribution in [1.29, 1.82) is 0 Å². The molecule has 0 fully saturated rings. The fourth-order valence-corrected chi connectivity index (χ4v) is 1.65. The Labute approximate surface area is 127 Å². The van der Waals surface area contributed by atoms with E-state index < -0.39 is 18.2 Å². The molecule has 0 radical (unpaired) electrons. The minimum Gasteiger partial charge on any atom is -0.475 e. The molecule has 0 saturated carbocycles. The molecule has 0 spiro atoms. The number of urea groups is 1. The van der Waals surface area contributed by atoms with Crippen molar-refractivity contribution in [3.8, 4) is 0 Å². The van der Waals surface area contributed by atoms with Gasteiger partial charge in [0.1, 0.15) is 0 Å². The molecule has 21 heavy (non-hydrogen) atoms. The molecule has 5 nitrogen and oxygen atoms in total. The summed E-state index contributed by atoms with van der Waals surface area (Å²) in [4.78, 5) is 19.2. The van der Waals surface area contributed by atoms with Crippen LogP contribution < -0.4 is 10.5 Å². The quantitative estimate of drug-likeness (QED) is 0.578. The number of aryl methyl sites for hydroxylation is 1. The van der Waals surface area contributed by atoms with Crippen molar-refractivity contribution in [3.05, 3.63) is 34.9 Å². The number of carbonyl (C=O) groups excluding carboxylic acids is 1. The molecule has 1 rings (SSSR count). The van der Waals surface area contributed by atoms with Gasteiger partial charge in [0, 0.05) is 10.8 Å². The third-order valence-electron chi connectivity index (χ3n) is 1.82. The lowest BCUT2D eigenvalue weighted by molar-refractivity contribution is -0.192. The first-order chi connectivity index (χ1) is 9.62. The Bertz CT molecular complexity index is 469. The summed E-state index contributed by atoms with van der Waals surface area (Å²) in [6.07, 6.45) is -4.21. The van der Waals surface area contributed by atoms with E-state index in [0.717, 1.165) is 17.2 Å². The van der Waals surface area contributed by atoms with Crippen molar-refractivity contribution in [2.24, 2.45) is 5.73 Å². The van der Waals surface area contributed by atoms with Gasteiger partial charge in [-0.1, -0.05) is 23.7 Å². The van der Waals surface area contributed by atoms with Crippen LogP contribution in [0.4, 0.5) is 18.0 Å². The third kappa shape index (κ3) is 10.8. The number of rotatable bonds is 4. The van der Waals surface area contributed by atoms with Gasteiger partial charge < -0.3 is 10.8 Å². The maximum atomic E-state index is 10.6. The highest BCUT2D eigenvalue weighted by molar-refractivity contribution is 7.97. The maximum Gasteiger partial charge on any atom is 0.490 e. The standard InChI is InChI=1S/C9H11ClN2OS.C2HF3O2/c10-8-3-1-7(2-4-8)5-6-14-12-9(11)13;3-2(4,5)1(6)7/h1-4H,5-6H2,(H3,11,12,13);(H,6,7). The summed E-state index contributed by atoms with van der Waals surface area (Å²) in [7, 11) is 0. The van der Waals surface area contributed by atoms with E-state index >= 15 is 0 Å².